The normalized spacial score (nSPS) is 16.8. The van der Waals surface area contributed by atoms with Crippen molar-refractivity contribution in [3.63, 3.8) is 0 Å². The molecule has 2 rings (SSSR count). The van der Waals surface area contributed by atoms with E-state index in [1.807, 2.05) is 6.07 Å². The lowest BCUT2D eigenvalue weighted by atomic mass is 10.2. The van der Waals surface area contributed by atoms with Crippen molar-refractivity contribution in [2.45, 2.75) is 32.6 Å². The van der Waals surface area contributed by atoms with E-state index in [4.69, 9.17) is 0 Å². The van der Waals surface area contributed by atoms with E-state index in [-0.39, 0.29) is 0 Å². The molecular formula is C12H21N5. The molecule has 5 heteroatoms. The lowest BCUT2D eigenvalue weighted by molar-refractivity contribution is 0.272. The number of aromatic nitrogens is 2. The summed E-state index contributed by atoms with van der Waals surface area (Å²) < 4.78 is 0. The lowest BCUT2D eigenvalue weighted by Gasteiger charge is -2.27. The third-order valence-electron chi connectivity index (χ3n) is 2.82. The third kappa shape index (κ3) is 3.85. The molecule has 0 amide bonds. The molecule has 0 spiro atoms. The minimum Gasteiger partial charge on any atom is -0.354 e. The second kappa shape index (κ2) is 6.39. The minimum atomic E-state index is 0.703. The SMILES string of the molecule is CCCNc1nccc(NN2CCCCC2)n1. The maximum absolute atomic E-state index is 4.43. The fraction of sp³-hybridized carbons (Fsp3) is 0.667. The van der Waals surface area contributed by atoms with Crippen molar-refractivity contribution in [3.8, 4) is 0 Å². The largest absolute Gasteiger partial charge is 0.354 e. The van der Waals surface area contributed by atoms with Gasteiger partial charge in [-0.15, -0.1) is 0 Å². The number of anilines is 2. The maximum atomic E-state index is 4.43. The van der Waals surface area contributed by atoms with Crippen molar-refractivity contribution >= 4 is 11.8 Å². The Morgan fingerprint density at radius 1 is 1.29 bits per heavy atom. The number of piperidine rings is 1. The smallest absolute Gasteiger partial charge is 0.224 e. The van der Waals surface area contributed by atoms with Crippen molar-refractivity contribution in [1.29, 1.82) is 0 Å². The molecule has 1 aliphatic heterocycles. The Morgan fingerprint density at radius 3 is 2.88 bits per heavy atom. The Balaban J connectivity index is 1.90. The van der Waals surface area contributed by atoms with E-state index in [1.54, 1.807) is 6.20 Å². The first-order chi connectivity index (χ1) is 8.38. The number of hydrogen-bond donors (Lipinski definition) is 2. The molecule has 5 nitrogen and oxygen atoms in total. The summed E-state index contributed by atoms with van der Waals surface area (Å²) in [6.07, 6.45) is 6.73. The summed E-state index contributed by atoms with van der Waals surface area (Å²) in [4.78, 5) is 8.62. The predicted octanol–water partition coefficient (Wildman–Crippen LogP) is 2.11. The zero-order chi connectivity index (χ0) is 11.9. The average molecular weight is 235 g/mol. The molecule has 94 valence electrons. The highest BCUT2D eigenvalue weighted by atomic mass is 15.5. The van der Waals surface area contributed by atoms with Gasteiger partial charge in [-0.1, -0.05) is 13.3 Å². The highest BCUT2D eigenvalue weighted by molar-refractivity contribution is 5.38. The van der Waals surface area contributed by atoms with Gasteiger partial charge in [0.1, 0.15) is 5.82 Å². The summed E-state index contributed by atoms with van der Waals surface area (Å²) in [6, 6.07) is 1.91. The molecular weight excluding hydrogens is 214 g/mol. The molecule has 1 fully saturated rings. The van der Waals surface area contributed by atoms with E-state index in [9.17, 15) is 0 Å². The molecule has 1 aromatic heterocycles. The van der Waals surface area contributed by atoms with Crippen LogP contribution in [-0.4, -0.2) is 34.6 Å². The van der Waals surface area contributed by atoms with Gasteiger partial charge in [0.25, 0.3) is 0 Å². The average Bonchev–Trinajstić information content (AvgIpc) is 2.38. The predicted molar refractivity (Wildman–Crippen MR) is 69.9 cm³/mol. The number of nitrogens with zero attached hydrogens (tertiary/aromatic N) is 3. The first-order valence-electron chi connectivity index (χ1n) is 6.47. The van der Waals surface area contributed by atoms with E-state index in [1.165, 1.54) is 19.3 Å². The zero-order valence-electron chi connectivity index (χ0n) is 10.4. The number of hydrazine groups is 1. The van der Waals surface area contributed by atoms with Gasteiger partial charge in [-0.3, -0.25) is 0 Å². The molecule has 0 unspecified atom stereocenters. The summed E-state index contributed by atoms with van der Waals surface area (Å²) in [5.74, 6) is 1.58. The standard InChI is InChI=1S/C12H21N5/c1-2-7-13-12-14-8-6-11(15-12)16-17-9-4-3-5-10-17/h6,8H,2-5,7,9-10H2,1H3,(H2,13,14,15,16). The van der Waals surface area contributed by atoms with Crippen molar-refractivity contribution in [2.75, 3.05) is 30.4 Å². The minimum absolute atomic E-state index is 0.703. The Labute approximate surface area is 103 Å². The van der Waals surface area contributed by atoms with Gasteiger partial charge in [-0.05, 0) is 19.3 Å². The van der Waals surface area contributed by atoms with Crippen LogP contribution in [0.4, 0.5) is 11.8 Å². The topological polar surface area (TPSA) is 53.1 Å². The molecule has 0 aliphatic carbocycles. The Kier molecular flexibility index (Phi) is 4.55. The van der Waals surface area contributed by atoms with Gasteiger partial charge >= 0.3 is 0 Å². The van der Waals surface area contributed by atoms with Crippen molar-refractivity contribution in [2.24, 2.45) is 0 Å². The molecule has 1 saturated heterocycles. The van der Waals surface area contributed by atoms with Gasteiger partial charge < -0.3 is 10.7 Å². The molecule has 2 N–H and O–H groups in total. The quantitative estimate of drug-likeness (QED) is 0.818. The lowest BCUT2D eigenvalue weighted by Crippen LogP contribution is -2.35. The van der Waals surface area contributed by atoms with Gasteiger partial charge in [0.2, 0.25) is 5.95 Å². The zero-order valence-corrected chi connectivity index (χ0v) is 10.4. The first kappa shape index (κ1) is 12.1. The molecule has 0 bridgehead atoms. The summed E-state index contributed by atoms with van der Waals surface area (Å²) in [5, 5.41) is 5.42. The fourth-order valence-electron chi connectivity index (χ4n) is 1.91. The highest BCUT2D eigenvalue weighted by Gasteiger charge is 2.10. The summed E-state index contributed by atoms with van der Waals surface area (Å²) >= 11 is 0. The van der Waals surface area contributed by atoms with E-state index >= 15 is 0 Å². The molecule has 0 radical (unpaired) electrons. The van der Waals surface area contributed by atoms with Crippen LogP contribution in [-0.2, 0) is 0 Å². The Bertz CT molecular complexity index is 335. The van der Waals surface area contributed by atoms with Crippen LogP contribution in [0.25, 0.3) is 0 Å². The van der Waals surface area contributed by atoms with Crippen LogP contribution in [0.15, 0.2) is 12.3 Å². The van der Waals surface area contributed by atoms with E-state index < -0.39 is 0 Å². The van der Waals surface area contributed by atoms with Gasteiger partial charge in [0, 0.05) is 31.9 Å². The molecule has 0 saturated carbocycles. The third-order valence-corrected chi connectivity index (χ3v) is 2.82. The number of rotatable bonds is 5. The van der Waals surface area contributed by atoms with E-state index in [2.05, 4.69) is 32.6 Å². The van der Waals surface area contributed by atoms with Crippen LogP contribution < -0.4 is 10.7 Å². The van der Waals surface area contributed by atoms with Gasteiger partial charge in [0.15, 0.2) is 0 Å². The van der Waals surface area contributed by atoms with Crippen LogP contribution in [0.5, 0.6) is 0 Å². The summed E-state index contributed by atoms with van der Waals surface area (Å²) in [6.45, 7) is 5.24. The second-order valence-electron chi connectivity index (χ2n) is 4.35. The summed E-state index contributed by atoms with van der Waals surface area (Å²) in [7, 11) is 0. The fourth-order valence-corrected chi connectivity index (χ4v) is 1.91. The van der Waals surface area contributed by atoms with Crippen LogP contribution in [0.1, 0.15) is 32.6 Å². The van der Waals surface area contributed by atoms with Crippen molar-refractivity contribution in [3.05, 3.63) is 12.3 Å². The number of nitrogens with one attached hydrogen (secondary N) is 2. The Morgan fingerprint density at radius 2 is 2.12 bits per heavy atom. The van der Waals surface area contributed by atoms with Gasteiger partial charge in [-0.2, -0.15) is 4.98 Å². The van der Waals surface area contributed by atoms with Crippen LogP contribution in [0.3, 0.4) is 0 Å². The molecule has 1 aromatic rings. The van der Waals surface area contributed by atoms with Crippen LogP contribution in [0, 0.1) is 0 Å². The first-order valence-corrected chi connectivity index (χ1v) is 6.47. The van der Waals surface area contributed by atoms with Gasteiger partial charge in [0.05, 0.1) is 0 Å². The molecule has 2 heterocycles. The van der Waals surface area contributed by atoms with E-state index in [0.29, 0.717) is 5.95 Å². The van der Waals surface area contributed by atoms with Crippen molar-refractivity contribution in [1.82, 2.24) is 15.0 Å². The van der Waals surface area contributed by atoms with Crippen LogP contribution >= 0.6 is 0 Å². The molecule has 1 aliphatic rings. The second-order valence-corrected chi connectivity index (χ2v) is 4.35. The molecule has 0 aromatic carbocycles. The highest BCUT2D eigenvalue weighted by Crippen LogP contribution is 2.12. The Hall–Kier alpha value is -1.36. The van der Waals surface area contributed by atoms with Gasteiger partial charge in [-0.25, -0.2) is 9.99 Å². The molecule has 17 heavy (non-hydrogen) atoms. The van der Waals surface area contributed by atoms with Crippen molar-refractivity contribution < 1.29 is 0 Å². The maximum Gasteiger partial charge on any atom is 0.224 e. The monoisotopic (exact) mass is 235 g/mol. The summed E-state index contributed by atoms with van der Waals surface area (Å²) in [5.41, 5.74) is 3.34. The van der Waals surface area contributed by atoms with Crippen LogP contribution in [0.2, 0.25) is 0 Å². The number of hydrogen-bond acceptors (Lipinski definition) is 5. The molecule has 0 atom stereocenters. The van der Waals surface area contributed by atoms with E-state index in [0.717, 1.165) is 31.9 Å².